The molecule has 1 aromatic heterocycles. The van der Waals surface area contributed by atoms with Gasteiger partial charge in [0.05, 0.1) is 34.6 Å². The summed E-state index contributed by atoms with van der Waals surface area (Å²) in [6, 6.07) is 7.09. The van der Waals surface area contributed by atoms with Crippen LogP contribution in [-0.4, -0.2) is 33.5 Å². The fourth-order valence-corrected chi connectivity index (χ4v) is 2.58. The van der Waals surface area contributed by atoms with Crippen molar-refractivity contribution in [3.63, 3.8) is 0 Å². The van der Waals surface area contributed by atoms with Gasteiger partial charge < -0.3 is 14.5 Å². The Hall–Kier alpha value is -3.69. The van der Waals surface area contributed by atoms with Crippen LogP contribution in [0.2, 0.25) is 0 Å². The first-order valence-electron chi connectivity index (χ1n) is 7.58. The quantitative estimate of drug-likeness (QED) is 0.527. The number of nitrogens with zero attached hydrogens (tertiary/aromatic N) is 3. The van der Waals surface area contributed by atoms with Gasteiger partial charge in [-0.3, -0.25) is 20.2 Å². The standard InChI is InChI=1S/C16H14N4O6/c1-3-26-14-7-9(6-13(20(23)24)15(14)25-2)16-17-11-5-4-10(19(21)22)8-12(11)18-16/h4-8H,3H2,1-2H3,(H,17,18). The maximum Gasteiger partial charge on any atom is 0.315 e. The van der Waals surface area contributed by atoms with E-state index in [2.05, 4.69) is 9.97 Å². The van der Waals surface area contributed by atoms with Crippen molar-refractivity contribution in [2.75, 3.05) is 13.7 Å². The highest BCUT2D eigenvalue weighted by Gasteiger charge is 2.23. The van der Waals surface area contributed by atoms with Crippen LogP contribution >= 0.6 is 0 Å². The summed E-state index contributed by atoms with van der Waals surface area (Å²) in [5, 5.41) is 22.3. The molecule has 0 amide bonds. The summed E-state index contributed by atoms with van der Waals surface area (Å²) in [6.45, 7) is 2.04. The Bertz CT molecular complexity index is 1010. The highest BCUT2D eigenvalue weighted by molar-refractivity contribution is 5.82. The van der Waals surface area contributed by atoms with E-state index in [1.54, 1.807) is 13.0 Å². The number of fused-ring (bicyclic) bond motifs is 1. The second-order valence-corrected chi connectivity index (χ2v) is 5.26. The summed E-state index contributed by atoms with van der Waals surface area (Å²) < 4.78 is 10.6. The maximum absolute atomic E-state index is 11.4. The van der Waals surface area contributed by atoms with Gasteiger partial charge in [-0.1, -0.05) is 0 Å². The number of nitrogens with one attached hydrogen (secondary N) is 1. The minimum atomic E-state index is -0.571. The lowest BCUT2D eigenvalue weighted by Crippen LogP contribution is -2.00. The Morgan fingerprint density at radius 3 is 2.54 bits per heavy atom. The van der Waals surface area contributed by atoms with Crippen LogP contribution in [0.15, 0.2) is 30.3 Å². The van der Waals surface area contributed by atoms with E-state index < -0.39 is 9.85 Å². The largest absolute Gasteiger partial charge is 0.490 e. The number of imidazole rings is 1. The Morgan fingerprint density at radius 2 is 1.92 bits per heavy atom. The average molecular weight is 358 g/mol. The van der Waals surface area contributed by atoms with Crippen molar-refractivity contribution in [2.24, 2.45) is 0 Å². The number of hydrogen-bond donors (Lipinski definition) is 1. The van der Waals surface area contributed by atoms with Gasteiger partial charge in [0, 0.05) is 23.8 Å². The summed E-state index contributed by atoms with van der Waals surface area (Å²) in [5.74, 6) is 0.560. The van der Waals surface area contributed by atoms with Crippen LogP contribution in [-0.2, 0) is 0 Å². The van der Waals surface area contributed by atoms with Crippen molar-refractivity contribution >= 4 is 22.4 Å². The second kappa shape index (κ2) is 6.67. The van der Waals surface area contributed by atoms with Crippen molar-refractivity contribution in [2.45, 2.75) is 6.92 Å². The minimum Gasteiger partial charge on any atom is -0.490 e. The predicted molar refractivity (Wildman–Crippen MR) is 92.6 cm³/mol. The molecule has 0 unspecified atom stereocenters. The number of methoxy groups -OCH3 is 1. The normalized spacial score (nSPS) is 10.7. The Morgan fingerprint density at radius 1 is 1.15 bits per heavy atom. The van der Waals surface area contributed by atoms with Crippen molar-refractivity contribution in [3.05, 3.63) is 50.6 Å². The molecule has 0 saturated heterocycles. The lowest BCUT2D eigenvalue weighted by atomic mass is 10.1. The molecular formula is C16H14N4O6. The van der Waals surface area contributed by atoms with Gasteiger partial charge in [0.15, 0.2) is 5.75 Å². The predicted octanol–water partition coefficient (Wildman–Crippen LogP) is 3.45. The van der Waals surface area contributed by atoms with Crippen molar-refractivity contribution in [1.82, 2.24) is 9.97 Å². The Balaban J connectivity index is 2.17. The molecule has 0 aliphatic heterocycles. The van der Waals surface area contributed by atoms with E-state index in [1.165, 1.54) is 31.4 Å². The van der Waals surface area contributed by atoms with E-state index in [1.807, 2.05) is 0 Å². The highest BCUT2D eigenvalue weighted by atomic mass is 16.6. The van der Waals surface area contributed by atoms with Crippen LogP contribution in [0, 0.1) is 20.2 Å². The first kappa shape index (κ1) is 17.1. The third-order valence-corrected chi connectivity index (χ3v) is 3.69. The van der Waals surface area contributed by atoms with Gasteiger partial charge in [0.2, 0.25) is 5.75 Å². The molecule has 0 saturated carbocycles. The lowest BCUT2D eigenvalue weighted by molar-refractivity contribution is -0.385. The number of benzene rings is 2. The van der Waals surface area contributed by atoms with Gasteiger partial charge in [0.25, 0.3) is 5.69 Å². The summed E-state index contributed by atoms with van der Waals surface area (Å²) >= 11 is 0. The smallest absolute Gasteiger partial charge is 0.315 e. The molecule has 0 radical (unpaired) electrons. The maximum atomic E-state index is 11.4. The average Bonchev–Trinajstić information content (AvgIpc) is 3.04. The number of aromatic amines is 1. The van der Waals surface area contributed by atoms with E-state index in [4.69, 9.17) is 9.47 Å². The summed E-state index contributed by atoms with van der Waals surface area (Å²) in [6.07, 6.45) is 0. The van der Waals surface area contributed by atoms with Gasteiger partial charge in [0.1, 0.15) is 5.82 Å². The van der Waals surface area contributed by atoms with Gasteiger partial charge in [-0.05, 0) is 19.1 Å². The van der Waals surface area contributed by atoms with Crippen LogP contribution < -0.4 is 9.47 Å². The fourth-order valence-electron chi connectivity index (χ4n) is 2.58. The number of non-ortho nitro benzene ring substituents is 1. The van der Waals surface area contributed by atoms with E-state index in [9.17, 15) is 20.2 Å². The van der Waals surface area contributed by atoms with Gasteiger partial charge >= 0.3 is 5.69 Å². The lowest BCUT2D eigenvalue weighted by Gasteiger charge is -2.10. The summed E-state index contributed by atoms with van der Waals surface area (Å²) in [5.41, 5.74) is 1.01. The monoisotopic (exact) mass is 358 g/mol. The highest BCUT2D eigenvalue weighted by Crippen LogP contribution is 2.41. The third-order valence-electron chi connectivity index (χ3n) is 3.69. The van der Waals surface area contributed by atoms with Gasteiger partial charge in [-0.15, -0.1) is 0 Å². The van der Waals surface area contributed by atoms with Crippen LogP contribution in [0.4, 0.5) is 11.4 Å². The molecule has 134 valence electrons. The molecule has 2 aromatic carbocycles. The van der Waals surface area contributed by atoms with Gasteiger partial charge in [-0.25, -0.2) is 4.98 Å². The van der Waals surface area contributed by atoms with Crippen molar-refractivity contribution in [1.29, 1.82) is 0 Å². The zero-order valence-corrected chi connectivity index (χ0v) is 13.9. The van der Waals surface area contributed by atoms with Crippen LogP contribution in [0.1, 0.15) is 6.92 Å². The summed E-state index contributed by atoms with van der Waals surface area (Å²) in [4.78, 5) is 28.5. The number of nitro groups is 2. The Labute approximate surface area is 146 Å². The van der Waals surface area contributed by atoms with E-state index in [0.29, 0.717) is 29.0 Å². The SMILES string of the molecule is CCOc1cc(-c2nc3ccc([N+](=O)[O-])cc3[nH]2)cc([N+](=O)[O-])c1OC. The Kier molecular flexibility index (Phi) is 4.40. The second-order valence-electron chi connectivity index (χ2n) is 5.26. The molecule has 3 aromatic rings. The van der Waals surface area contributed by atoms with E-state index >= 15 is 0 Å². The number of ether oxygens (including phenoxy) is 2. The topological polar surface area (TPSA) is 133 Å². The van der Waals surface area contributed by atoms with E-state index in [0.717, 1.165) is 0 Å². The molecule has 26 heavy (non-hydrogen) atoms. The number of aromatic nitrogens is 2. The minimum absolute atomic E-state index is 0.0207. The number of rotatable bonds is 6. The summed E-state index contributed by atoms with van der Waals surface area (Å²) in [7, 11) is 1.32. The number of nitro benzene ring substituents is 2. The van der Waals surface area contributed by atoms with Crippen LogP contribution in [0.5, 0.6) is 11.5 Å². The first-order valence-corrected chi connectivity index (χ1v) is 7.58. The molecule has 1 heterocycles. The zero-order valence-electron chi connectivity index (χ0n) is 13.9. The molecule has 0 aliphatic rings. The van der Waals surface area contributed by atoms with Gasteiger partial charge in [-0.2, -0.15) is 0 Å². The molecule has 0 atom stereocenters. The molecule has 0 aliphatic carbocycles. The van der Waals surface area contributed by atoms with E-state index in [-0.39, 0.29) is 22.9 Å². The molecule has 0 bridgehead atoms. The zero-order chi connectivity index (χ0) is 18.8. The fraction of sp³-hybridized carbons (Fsp3) is 0.188. The number of hydrogen-bond acceptors (Lipinski definition) is 7. The van der Waals surface area contributed by atoms with Crippen molar-refractivity contribution < 1.29 is 19.3 Å². The molecule has 0 fully saturated rings. The third kappa shape index (κ3) is 2.99. The van der Waals surface area contributed by atoms with Crippen LogP contribution in [0.3, 0.4) is 0 Å². The molecule has 0 spiro atoms. The molecule has 10 heteroatoms. The molecule has 10 nitrogen and oxygen atoms in total. The van der Waals surface area contributed by atoms with Crippen molar-refractivity contribution in [3.8, 4) is 22.9 Å². The number of H-pyrrole nitrogens is 1. The first-order chi connectivity index (χ1) is 12.4. The van der Waals surface area contributed by atoms with Crippen LogP contribution in [0.25, 0.3) is 22.4 Å². The molecule has 1 N–H and O–H groups in total. The molecule has 3 rings (SSSR count). The molecular weight excluding hydrogens is 344 g/mol.